The molecule has 24 heavy (non-hydrogen) atoms. The van der Waals surface area contributed by atoms with Crippen molar-refractivity contribution in [2.75, 3.05) is 13.6 Å². The van der Waals surface area contributed by atoms with Crippen LogP contribution in [0.1, 0.15) is 30.6 Å². The molecule has 0 saturated carbocycles. The number of aromatic amines is 1. The van der Waals surface area contributed by atoms with E-state index in [0.29, 0.717) is 18.0 Å². The Hall–Kier alpha value is -1.85. The largest absolute Gasteiger partial charge is 0.366 e. The molecule has 132 valence electrons. The van der Waals surface area contributed by atoms with Gasteiger partial charge < -0.3 is 15.6 Å². The van der Waals surface area contributed by atoms with Crippen LogP contribution >= 0.6 is 12.4 Å². The van der Waals surface area contributed by atoms with Gasteiger partial charge in [-0.05, 0) is 30.0 Å². The Morgan fingerprint density at radius 2 is 1.88 bits per heavy atom. The molecule has 1 amide bonds. The number of halogens is 2. The number of carbonyl (C=O) groups is 1. The van der Waals surface area contributed by atoms with Gasteiger partial charge in [0.1, 0.15) is 5.82 Å². The zero-order valence-corrected chi connectivity index (χ0v) is 15.1. The molecule has 2 aromatic rings. The van der Waals surface area contributed by atoms with Gasteiger partial charge in [0.05, 0.1) is 5.56 Å². The monoisotopic (exact) mass is 353 g/mol. The van der Waals surface area contributed by atoms with Gasteiger partial charge in [-0.3, -0.25) is 4.79 Å². The number of nitrogens with one attached hydrogen (secondary N) is 1. The standard InChI is InChI=1S/C18H24FN3O.ClH/c1-12(2)17(20)8-9-22(3)18(23)16-11-21-10-15(16)13-4-6-14(19)7-5-13;/h4-7,10-12,17,21H,8-9,20H2,1-3H3;1H. The Morgan fingerprint density at radius 1 is 1.25 bits per heavy atom. The van der Waals surface area contributed by atoms with Crippen LogP contribution in [0.15, 0.2) is 36.7 Å². The molecule has 0 spiro atoms. The predicted octanol–water partition coefficient (Wildman–Crippen LogP) is 3.69. The lowest BCUT2D eigenvalue weighted by molar-refractivity contribution is 0.0790. The lowest BCUT2D eigenvalue weighted by Crippen LogP contribution is -2.34. The predicted molar refractivity (Wildman–Crippen MR) is 97.8 cm³/mol. The van der Waals surface area contributed by atoms with Crippen molar-refractivity contribution in [2.24, 2.45) is 11.7 Å². The van der Waals surface area contributed by atoms with E-state index in [4.69, 9.17) is 5.73 Å². The summed E-state index contributed by atoms with van der Waals surface area (Å²) in [5.74, 6) is 0.0269. The van der Waals surface area contributed by atoms with Crippen LogP contribution in [0.5, 0.6) is 0 Å². The molecule has 1 aromatic heterocycles. The number of rotatable bonds is 6. The van der Waals surface area contributed by atoms with E-state index in [-0.39, 0.29) is 30.2 Å². The average Bonchev–Trinajstić information content (AvgIpc) is 3.01. The minimum absolute atomic E-state index is 0. The Balaban J connectivity index is 0.00000288. The van der Waals surface area contributed by atoms with Crippen molar-refractivity contribution in [1.82, 2.24) is 9.88 Å². The summed E-state index contributed by atoms with van der Waals surface area (Å²) < 4.78 is 13.1. The normalized spacial score (nSPS) is 11.9. The maximum Gasteiger partial charge on any atom is 0.255 e. The summed E-state index contributed by atoms with van der Waals surface area (Å²) in [5.41, 5.74) is 8.20. The topological polar surface area (TPSA) is 62.1 Å². The maximum atomic E-state index is 13.1. The minimum Gasteiger partial charge on any atom is -0.366 e. The second kappa shape index (κ2) is 8.85. The van der Waals surface area contributed by atoms with Crippen molar-refractivity contribution in [3.63, 3.8) is 0 Å². The van der Waals surface area contributed by atoms with Crippen LogP contribution in [0.2, 0.25) is 0 Å². The number of nitrogens with two attached hydrogens (primary N) is 1. The number of hydrogen-bond donors (Lipinski definition) is 2. The number of aromatic nitrogens is 1. The molecule has 1 heterocycles. The van der Waals surface area contributed by atoms with Crippen molar-refractivity contribution in [1.29, 1.82) is 0 Å². The summed E-state index contributed by atoms with van der Waals surface area (Å²) in [6.45, 7) is 4.75. The van der Waals surface area contributed by atoms with Crippen molar-refractivity contribution in [3.8, 4) is 11.1 Å². The first kappa shape index (κ1) is 20.2. The van der Waals surface area contributed by atoms with E-state index < -0.39 is 0 Å². The molecule has 0 aliphatic heterocycles. The fraction of sp³-hybridized carbons (Fsp3) is 0.389. The second-order valence-electron chi connectivity index (χ2n) is 6.21. The van der Waals surface area contributed by atoms with Gasteiger partial charge in [0.15, 0.2) is 0 Å². The van der Waals surface area contributed by atoms with E-state index in [1.807, 2.05) is 0 Å². The molecule has 0 aliphatic carbocycles. The Kier molecular flexibility index (Phi) is 7.45. The summed E-state index contributed by atoms with van der Waals surface area (Å²) in [6.07, 6.45) is 4.20. The van der Waals surface area contributed by atoms with Gasteiger partial charge in [0.2, 0.25) is 0 Å². The molecule has 3 N–H and O–H groups in total. The number of carbonyl (C=O) groups excluding carboxylic acids is 1. The number of benzene rings is 1. The third kappa shape index (κ3) is 4.82. The number of H-pyrrole nitrogens is 1. The summed E-state index contributed by atoms with van der Waals surface area (Å²) in [6, 6.07) is 6.20. The molecule has 2 rings (SSSR count). The third-order valence-corrected chi connectivity index (χ3v) is 4.13. The van der Waals surface area contributed by atoms with E-state index in [9.17, 15) is 9.18 Å². The fourth-order valence-corrected chi connectivity index (χ4v) is 2.39. The number of nitrogens with zero attached hydrogens (tertiary/aromatic N) is 1. The Labute approximate surface area is 148 Å². The summed E-state index contributed by atoms with van der Waals surface area (Å²) >= 11 is 0. The molecule has 6 heteroatoms. The van der Waals surface area contributed by atoms with Gasteiger partial charge in [0, 0.05) is 37.6 Å². The lowest BCUT2D eigenvalue weighted by Gasteiger charge is -2.21. The molecule has 4 nitrogen and oxygen atoms in total. The van der Waals surface area contributed by atoms with E-state index in [1.54, 1.807) is 36.5 Å². The maximum absolute atomic E-state index is 13.1. The van der Waals surface area contributed by atoms with Crippen molar-refractivity contribution < 1.29 is 9.18 Å². The zero-order chi connectivity index (χ0) is 17.0. The fourth-order valence-electron chi connectivity index (χ4n) is 2.39. The van der Waals surface area contributed by atoms with Gasteiger partial charge in [-0.1, -0.05) is 26.0 Å². The SMILES string of the molecule is CC(C)C(N)CCN(C)C(=O)c1c[nH]cc1-c1ccc(F)cc1.Cl. The highest BCUT2D eigenvalue weighted by Gasteiger charge is 2.19. The van der Waals surface area contributed by atoms with E-state index in [2.05, 4.69) is 18.8 Å². The summed E-state index contributed by atoms with van der Waals surface area (Å²) in [7, 11) is 1.77. The quantitative estimate of drug-likeness (QED) is 0.832. The molecular weight excluding hydrogens is 329 g/mol. The highest BCUT2D eigenvalue weighted by atomic mass is 35.5. The Bertz CT molecular complexity index is 655. The van der Waals surface area contributed by atoms with Crippen molar-refractivity contribution in [2.45, 2.75) is 26.3 Å². The molecule has 0 bridgehead atoms. The van der Waals surface area contributed by atoms with Gasteiger partial charge in [0.25, 0.3) is 5.91 Å². The van der Waals surface area contributed by atoms with Gasteiger partial charge in [-0.25, -0.2) is 4.39 Å². The first-order chi connectivity index (χ1) is 10.9. The first-order valence-electron chi connectivity index (χ1n) is 7.84. The van der Waals surface area contributed by atoms with Crippen molar-refractivity contribution >= 4 is 18.3 Å². The Morgan fingerprint density at radius 3 is 2.46 bits per heavy atom. The van der Waals surface area contributed by atoms with Crippen LogP contribution in [0.4, 0.5) is 4.39 Å². The highest BCUT2D eigenvalue weighted by molar-refractivity contribution is 6.00. The van der Waals surface area contributed by atoms with E-state index in [0.717, 1.165) is 17.5 Å². The van der Waals surface area contributed by atoms with Crippen LogP contribution in [0.3, 0.4) is 0 Å². The van der Waals surface area contributed by atoms with Gasteiger partial charge in [-0.2, -0.15) is 0 Å². The van der Waals surface area contributed by atoms with E-state index in [1.165, 1.54) is 12.1 Å². The van der Waals surface area contributed by atoms with Crippen LogP contribution in [-0.2, 0) is 0 Å². The minimum atomic E-state index is -0.294. The lowest BCUT2D eigenvalue weighted by atomic mass is 10.0. The number of amides is 1. The molecule has 0 aliphatic rings. The summed E-state index contributed by atoms with van der Waals surface area (Å²) in [5, 5.41) is 0. The first-order valence-corrected chi connectivity index (χ1v) is 7.84. The molecule has 1 aromatic carbocycles. The highest BCUT2D eigenvalue weighted by Crippen LogP contribution is 2.24. The third-order valence-electron chi connectivity index (χ3n) is 4.13. The van der Waals surface area contributed by atoms with Crippen LogP contribution < -0.4 is 5.73 Å². The molecule has 0 saturated heterocycles. The molecular formula is C18H25ClFN3O. The number of hydrogen-bond acceptors (Lipinski definition) is 2. The zero-order valence-electron chi connectivity index (χ0n) is 14.3. The van der Waals surface area contributed by atoms with Crippen LogP contribution in [-0.4, -0.2) is 35.4 Å². The van der Waals surface area contributed by atoms with Crippen LogP contribution in [0.25, 0.3) is 11.1 Å². The van der Waals surface area contributed by atoms with E-state index >= 15 is 0 Å². The summed E-state index contributed by atoms with van der Waals surface area (Å²) in [4.78, 5) is 17.3. The smallest absolute Gasteiger partial charge is 0.255 e. The molecule has 0 radical (unpaired) electrons. The van der Waals surface area contributed by atoms with Gasteiger partial charge >= 0.3 is 0 Å². The molecule has 1 atom stereocenters. The molecule has 0 fully saturated rings. The second-order valence-corrected chi connectivity index (χ2v) is 6.21. The van der Waals surface area contributed by atoms with Crippen LogP contribution in [0, 0.1) is 11.7 Å². The molecule has 1 unspecified atom stereocenters. The average molecular weight is 354 g/mol. The van der Waals surface area contributed by atoms with Crippen molar-refractivity contribution in [3.05, 3.63) is 48.0 Å². The van der Waals surface area contributed by atoms with Gasteiger partial charge in [-0.15, -0.1) is 12.4 Å².